The molecular formula is C52H30N4O. The molecule has 264 valence electrons. The number of nitrogens with zero attached hydrogens (tertiary/aromatic N) is 4. The van der Waals surface area contributed by atoms with Crippen molar-refractivity contribution in [1.82, 2.24) is 19.1 Å². The molecule has 0 fully saturated rings. The summed E-state index contributed by atoms with van der Waals surface area (Å²) < 4.78 is 11.0. The topological polar surface area (TPSA) is 48.8 Å². The van der Waals surface area contributed by atoms with Crippen molar-refractivity contribution in [1.29, 1.82) is 0 Å². The fraction of sp³-hybridized carbons (Fsp3) is 0. The predicted octanol–water partition coefficient (Wildman–Crippen LogP) is 13.7. The number of fused-ring (bicyclic) bond motifs is 16. The van der Waals surface area contributed by atoms with Crippen LogP contribution >= 0.6 is 0 Å². The van der Waals surface area contributed by atoms with Crippen LogP contribution in [0.25, 0.3) is 121 Å². The third-order valence-corrected chi connectivity index (χ3v) is 11.9. The Morgan fingerprint density at radius 3 is 1.54 bits per heavy atom. The minimum absolute atomic E-state index is 0.806. The van der Waals surface area contributed by atoms with Gasteiger partial charge in [0.1, 0.15) is 16.9 Å². The molecule has 0 spiro atoms. The van der Waals surface area contributed by atoms with Gasteiger partial charge in [0.2, 0.25) is 0 Å². The molecule has 4 heterocycles. The second-order valence-electron chi connectivity index (χ2n) is 14.9. The van der Waals surface area contributed by atoms with Crippen LogP contribution in [0.5, 0.6) is 0 Å². The van der Waals surface area contributed by atoms with E-state index >= 15 is 0 Å². The molecule has 0 aliphatic rings. The van der Waals surface area contributed by atoms with Crippen molar-refractivity contribution in [3.05, 3.63) is 182 Å². The van der Waals surface area contributed by atoms with Crippen molar-refractivity contribution < 1.29 is 4.42 Å². The molecule has 13 aromatic rings. The van der Waals surface area contributed by atoms with E-state index in [2.05, 4.69) is 179 Å². The second kappa shape index (κ2) is 11.4. The largest absolute Gasteiger partial charge is 0.456 e. The number of para-hydroxylation sites is 3. The van der Waals surface area contributed by atoms with E-state index in [4.69, 9.17) is 14.4 Å². The van der Waals surface area contributed by atoms with Crippen molar-refractivity contribution in [2.75, 3.05) is 0 Å². The van der Waals surface area contributed by atoms with Crippen LogP contribution in [0.1, 0.15) is 0 Å². The molecule has 57 heavy (non-hydrogen) atoms. The summed E-state index contributed by atoms with van der Waals surface area (Å²) in [7, 11) is 0. The molecule has 0 atom stereocenters. The summed E-state index contributed by atoms with van der Waals surface area (Å²) in [6.07, 6.45) is 0. The predicted molar refractivity (Wildman–Crippen MR) is 236 cm³/mol. The molecule has 0 saturated heterocycles. The van der Waals surface area contributed by atoms with Crippen LogP contribution in [0.4, 0.5) is 0 Å². The number of aromatic nitrogens is 4. The third-order valence-electron chi connectivity index (χ3n) is 11.9. The van der Waals surface area contributed by atoms with Crippen LogP contribution in [0, 0.1) is 0 Å². The van der Waals surface area contributed by atoms with Gasteiger partial charge in [0.25, 0.3) is 0 Å². The van der Waals surface area contributed by atoms with Gasteiger partial charge in [0.05, 0.1) is 33.1 Å². The van der Waals surface area contributed by atoms with E-state index in [0.717, 1.165) is 88.6 Å². The van der Waals surface area contributed by atoms with Crippen molar-refractivity contribution in [2.24, 2.45) is 0 Å². The van der Waals surface area contributed by atoms with Crippen LogP contribution in [-0.4, -0.2) is 19.1 Å². The highest BCUT2D eigenvalue weighted by atomic mass is 16.3. The Morgan fingerprint density at radius 2 is 0.860 bits per heavy atom. The zero-order valence-electron chi connectivity index (χ0n) is 30.5. The van der Waals surface area contributed by atoms with Crippen LogP contribution in [0.2, 0.25) is 0 Å². The van der Waals surface area contributed by atoms with Gasteiger partial charge in [-0.1, -0.05) is 133 Å². The quantitative estimate of drug-likeness (QED) is 0.170. The average Bonchev–Trinajstić information content (AvgIpc) is 3.93. The van der Waals surface area contributed by atoms with Crippen molar-refractivity contribution in [3.8, 4) is 22.8 Å². The Balaban J connectivity index is 1.17. The molecular weight excluding hydrogens is 697 g/mol. The zero-order valence-corrected chi connectivity index (χ0v) is 30.5. The molecule has 0 radical (unpaired) electrons. The van der Waals surface area contributed by atoms with Crippen LogP contribution in [-0.2, 0) is 0 Å². The van der Waals surface area contributed by atoms with Gasteiger partial charge in [-0.3, -0.25) is 4.57 Å². The highest BCUT2D eigenvalue weighted by Crippen LogP contribution is 2.44. The summed E-state index contributed by atoms with van der Waals surface area (Å²) in [6.45, 7) is 0. The van der Waals surface area contributed by atoms with Gasteiger partial charge in [0.15, 0.2) is 5.82 Å². The molecule has 0 amide bonds. The van der Waals surface area contributed by atoms with Crippen LogP contribution in [0.15, 0.2) is 186 Å². The number of rotatable bonds is 3. The summed E-state index contributed by atoms with van der Waals surface area (Å²) in [5.74, 6) is 0.806. The van der Waals surface area contributed by atoms with Gasteiger partial charge < -0.3 is 8.98 Å². The van der Waals surface area contributed by atoms with Gasteiger partial charge >= 0.3 is 0 Å². The first kappa shape index (κ1) is 30.6. The minimum Gasteiger partial charge on any atom is -0.456 e. The lowest BCUT2D eigenvalue weighted by molar-refractivity contribution is 0.669. The molecule has 9 aromatic carbocycles. The third kappa shape index (κ3) is 4.17. The summed E-state index contributed by atoms with van der Waals surface area (Å²) in [5.41, 5.74) is 11.0. The fourth-order valence-corrected chi connectivity index (χ4v) is 9.47. The highest BCUT2D eigenvalue weighted by molar-refractivity contribution is 6.29. The summed E-state index contributed by atoms with van der Waals surface area (Å²) >= 11 is 0. The maximum absolute atomic E-state index is 6.24. The molecule has 0 bridgehead atoms. The van der Waals surface area contributed by atoms with Gasteiger partial charge in [-0.05, 0) is 59.3 Å². The minimum atomic E-state index is 0.806. The highest BCUT2D eigenvalue weighted by Gasteiger charge is 2.24. The van der Waals surface area contributed by atoms with E-state index in [1.54, 1.807) is 0 Å². The molecule has 5 heteroatoms. The van der Waals surface area contributed by atoms with Crippen LogP contribution < -0.4 is 0 Å². The zero-order chi connectivity index (χ0) is 37.2. The molecule has 5 nitrogen and oxygen atoms in total. The van der Waals surface area contributed by atoms with Crippen molar-refractivity contribution >= 4 is 98.1 Å². The van der Waals surface area contributed by atoms with E-state index in [-0.39, 0.29) is 0 Å². The number of benzene rings is 9. The lowest BCUT2D eigenvalue weighted by Gasteiger charge is -2.16. The molecule has 13 rings (SSSR count). The van der Waals surface area contributed by atoms with E-state index in [0.29, 0.717) is 0 Å². The molecule has 0 N–H and O–H groups in total. The SMILES string of the molecule is c1ccc(-c2nc3c4ccccc4c4ccccc4c3nc2-n2c3ccccc3c3c4c5ccccc5n(-c5ccc6oc7ccccc7c6c5)c4ccc32)cc1. The fourth-order valence-electron chi connectivity index (χ4n) is 9.47. The summed E-state index contributed by atoms with van der Waals surface area (Å²) in [5, 5.41) is 11.5. The van der Waals surface area contributed by atoms with Gasteiger partial charge in [0, 0.05) is 54.3 Å². The standard InChI is InChI=1S/C52H30N4O/c1-2-14-31(15-3-1)49-52(54-51-37-20-7-5-17-34(37)33-16-4-6-19-36(33)50(51)53-49)56-42-24-12-9-22-39(42)48-44(56)28-27-43-47(48)38-21-8-11-23-41(38)55(43)32-26-29-46-40(30-32)35-18-10-13-25-45(35)57-46/h1-30H. The first-order valence-corrected chi connectivity index (χ1v) is 19.3. The van der Waals surface area contributed by atoms with Gasteiger partial charge in [-0.25, -0.2) is 9.97 Å². The van der Waals surface area contributed by atoms with E-state index in [1.165, 1.54) is 32.3 Å². The van der Waals surface area contributed by atoms with Crippen LogP contribution in [0.3, 0.4) is 0 Å². The summed E-state index contributed by atoms with van der Waals surface area (Å²) in [4.78, 5) is 11.3. The number of hydrogen-bond donors (Lipinski definition) is 0. The molecule has 4 aromatic heterocycles. The van der Waals surface area contributed by atoms with E-state index in [1.807, 2.05) is 12.1 Å². The Kier molecular flexibility index (Phi) is 6.10. The normalized spacial score (nSPS) is 12.2. The van der Waals surface area contributed by atoms with Crippen molar-refractivity contribution in [3.63, 3.8) is 0 Å². The lowest BCUT2D eigenvalue weighted by Crippen LogP contribution is -2.04. The molecule has 0 aliphatic carbocycles. The first-order valence-electron chi connectivity index (χ1n) is 19.3. The average molecular weight is 727 g/mol. The summed E-state index contributed by atoms with van der Waals surface area (Å²) in [6, 6.07) is 64.5. The first-order chi connectivity index (χ1) is 28.3. The Bertz CT molecular complexity index is 3810. The smallest absolute Gasteiger partial charge is 0.165 e. The molecule has 0 aliphatic heterocycles. The number of hydrogen-bond acceptors (Lipinski definition) is 3. The van der Waals surface area contributed by atoms with E-state index < -0.39 is 0 Å². The maximum atomic E-state index is 6.24. The Morgan fingerprint density at radius 1 is 0.351 bits per heavy atom. The van der Waals surface area contributed by atoms with E-state index in [9.17, 15) is 0 Å². The maximum Gasteiger partial charge on any atom is 0.165 e. The van der Waals surface area contributed by atoms with Gasteiger partial charge in [-0.15, -0.1) is 0 Å². The molecule has 0 saturated carbocycles. The van der Waals surface area contributed by atoms with Gasteiger partial charge in [-0.2, -0.15) is 0 Å². The Hall–Kier alpha value is -7.76. The number of furan rings is 1. The second-order valence-corrected chi connectivity index (χ2v) is 14.9. The van der Waals surface area contributed by atoms with Crippen molar-refractivity contribution in [2.45, 2.75) is 0 Å². The monoisotopic (exact) mass is 726 g/mol. The lowest BCUT2D eigenvalue weighted by atomic mass is 9.99. The Labute approximate surface area is 325 Å². The molecule has 0 unspecified atom stereocenters.